The van der Waals surface area contributed by atoms with Crippen molar-refractivity contribution in [1.29, 1.82) is 0 Å². The molecule has 2 heterocycles. The number of nitrogens with one attached hydrogen (secondary N) is 2. The van der Waals surface area contributed by atoms with E-state index >= 15 is 0 Å². The van der Waals surface area contributed by atoms with Gasteiger partial charge >= 0.3 is 6.03 Å². The number of rotatable bonds is 14. The van der Waals surface area contributed by atoms with Crippen molar-refractivity contribution in [3.05, 3.63) is 210 Å². The summed E-state index contributed by atoms with van der Waals surface area (Å²) < 4.78 is 25.8. The molecule has 1 fully saturated rings. The fraction of sp³-hybridized carbons (Fsp3) is 0.132. The molecule has 7 aromatic carbocycles. The summed E-state index contributed by atoms with van der Waals surface area (Å²) in [5.74, 6) is 2.74. The highest BCUT2D eigenvalue weighted by Crippen LogP contribution is 2.42. The molecule has 1 aliphatic rings. The second kappa shape index (κ2) is 19.8. The van der Waals surface area contributed by atoms with Gasteiger partial charge in [-0.05, 0) is 76.3 Å². The lowest BCUT2D eigenvalue weighted by Crippen LogP contribution is -2.31. The summed E-state index contributed by atoms with van der Waals surface area (Å²) in [6.45, 7) is 0.310. The Kier molecular flexibility index (Phi) is 13.0. The van der Waals surface area contributed by atoms with Gasteiger partial charge in [0.15, 0.2) is 12.1 Å². The quantitative estimate of drug-likeness (QED) is 0.0927. The van der Waals surface area contributed by atoms with E-state index in [0.29, 0.717) is 35.4 Å². The molecule has 2 amide bonds. The van der Waals surface area contributed by atoms with Crippen LogP contribution in [0.3, 0.4) is 0 Å². The van der Waals surface area contributed by atoms with Crippen molar-refractivity contribution < 1.29 is 28.5 Å². The summed E-state index contributed by atoms with van der Waals surface area (Å²) in [6, 6.07) is 60.9. The maximum Gasteiger partial charge on any atom is 0.319 e. The van der Waals surface area contributed by atoms with E-state index in [1.807, 2.05) is 152 Å². The number of nitrogens with zero attached hydrogens (tertiary/aromatic N) is 1. The van der Waals surface area contributed by atoms with Gasteiger partial charge < -0.3 is 34.4 Å². The largest absolute Gasteiger partial charge is 0.457 e. The average Bonchev–Trinajstić information content (AvgIpc) is 3.79. The number of aromatic nitrogens is 1. The Morgan fingerprint density at radius 3 is 2.03 bits per heavy atom. The van der Waals surface area contributed by atoms with Gasteiger partial charge in [-0.25, -0.2) is 9.78 Å². The number of benzene rings is 7. The van der Waals surface area contributed by atoms with Crippen molar-refractivity contribution in [2.75, 3.05) is 11.1 Å². The summed E-state index contributed by atoms with van der Waals surface area (Å²) in [5.41, 5.74) is 9.08. The highest BCUT2D eigenvalue weighted by atomic mass is 32.2. The number of ether oxygens (including phenoxy) is 3. The standard InChI is InChI=1S/C53H45N3O6S/c57-34-36-22-24-38(25-23-36)48-32-47(35-63-53-56-49(39-13-4-1-5-14-39)50(62-53)40-15-6-2-7-16-40)60-51(61-48)43-19-11-18-42(31-43)41-17-10-12-37(30-41)33-54-52(58)55-44-26-28-46(29-27-44)59-45-20-8-3-9-21-45/h1-31,47-48,51,57H,32-35H2,(H2,54,55,58)/t47-,48+,51+/m1/s1. The van der Waals surface area contributed by atoms with E-state index < -0.39 is 6.29 Å². The van der Waals surface area contributed by atoms with Gasteiger partial charge in [0.25, 0.3) is 5.22 Å². The predicted octanol–water partition coefficient (Wildman–Crippen LogP) is 12.6. The van der Waals surface area contributed by atoms with Crippen LogP contribution in [-0.2, 0) is 22.6 Å². The SMILES string of the molecule is O=C(NCc1cccc(-c2cccc([C@H]3O[C@@H](CSc4nc(-c5ccccc5)c(-c5ccccc5)o4)C[C@@H](c4ccc(CO)cc4)O3)c2)c1)Nc1ccc(Oc2ccccc2)cc1. The second-order valence-corrected chi connectivity index (χ2v) is 16.1. The molecule has 0 radical (unpaired) electrons. The normalized spacial score (nSPS) is 16.0. The number of aliphatic hydroxyl groups excluding tert-OH is 1. The minimum Gasteiger partial charge on any atom is -0.457 e. The Morgan fingerprint density at radius 1 is 0.651 bits per heavy atom. The predicted molar refractivity (Wildman–Crippen MR) is 247 cm³/mol. The van der Waals surface area contributed by atoms with Crippen LogP contribution >= 0.6 is 11.8 Å². The maximum atomic E-state index is 12.9. The number of carbonyl (C=O) groups is 1. The fourth-order valence-electron chi connectivity index (χ4n) is 7.44. The number of hydrogen-bond donors (Lipinski definition) is 3. The molecule has 9 rings (SSSR count). The van der Waals surface area contributed by atoms with Crippen LogP contribution in [-0.4, -0.2) is 28.0 Å². The minimum absolute atomic E-state index is 0.0272. The highest BCUT2D eigenvalue weighted by Gasteiger charge is 2.33. The van der Waals surface area contributed by atoms with E-state index in [4.69, 9.17) is 23.6 Å². The van der Waals surface area contributed by atoms with Crippen molar-refractivity contribution in [2.45, 2.75) is 43.3 Å². The molecule has 0 spiro atoms. The van der Waals surface area contributed by atoms with Crippen molar-refractivity contribution >= 4 is 23.5 Å². The molecule has 1 aliphatic heterocycles. The number of hydrogen-bond acceptors (Lipinski definition) is 8. The highest BCUT2D eigenvalue weighted by molar-refractivity contribution is 7.99. The number of thioether (sulfide) groups is 1. The fourth-order valence-corrected chi connectivity index (χ4v) is 8.28. The molecule has 0 aliphatic carbocycles. The van der Waals surface area contributed by atoms with Crippen molar-refractivity contribution in [1.82, 2.24) is 10.3 Å². The number of carbonyl (C=O) groups excluding carboxylic acids is 1. The van der Waals surface area contributed by atoms with E-state index in [-0.39, 0.29) is 24.8 Å². The van der Waals surface area contributed by atoms with E-state index in [2.05, 4.69) is 34.9 Å². The smallest absolute Gasteiger partial charge is 0.319 e. The molecule has 63 heavy (non-hydrogen) atoms. The monoisotopic (exact) mass is 851 g/mol. The molecule has 3 atom stereocenters. The van der Waals surface area contributed by atoms with Crippen molar-refractivity contribution in [3.63, 3.8) is 0 Å². The Labute approximate surface area is 370 Å². The van der Waals surface area contributed by atoms with Gasteiger partial charge in [0.05, 0.1) is 18.8 Å². The molecule has 8 aromatic rings. The van der Waals surface area contributed by atoms with E-state index in [9.17, 15) is 9.90 Å². The molecule has 9 nitrogen and oxygen atoms in total. The number of aliphatic hydroxyl groups is 1. The number of urea groups is 1. The van der Waals surface area contributed by atoms with Crippen molar-refractivity contribution in [3.8, 4) is 45.2 Å². The van der Waals surface area contributed by atoms with Gasteiger partial charge in [-0.15, -0.1) is 0 Å². The molecule has 314 valence electrons. The van der Waals surface area contributed by atoms with Crippen LogP contribution in [0, 0.1) is 0 Å². The molecule has 3 N–H and O–H groups in total. The van der Waals surface area contributed by atoms with Gasteiger partial charge in [-0.1, -0.05) is 151 Å². The zero-order valence-corrected chi connectivity index (χ0v) is 35.1. The molecule has 0 bridgehead atoms. The Morgan fingerprint density at radius 2 is 1.30 bits per heavy atom. The zero-order valence-electron chi connectivity index (χ0n) is 34.3. The lowest BCUT2D eigenvalue weighted by Gasteiger charge is -2.36. The number of oxazole rings is 1. The maximum absolute atomic E-state index is 12.9. The number of anilines is 1. The van der Waals surface area contributed by atoms with Crippen LogP contribution in [0.1, 0.15) is 41.1 Å². The van der Waals surface area contributed by atoms with Gasteiger partial charge in [0.2, 0.25) is 0 Å². The summed E-state index contributed by atoms with van der Waals surface area (Å²) in [6.07, 6.45) is -0.483. The van der Waals surface area contributed by atoms with Crippen LogP contribution in [0.5, 0.6) is 11.5 Å². The van der Waals surface area contributed by atoms with Gasteiger partial charge in [-0.2, -0.15) is 0 Å². The topological polar surface area (TPSA) is 115 Å². The molecule has 1 saturated heterocycles. The van der Waals surface area contributed by atoms with Gasteiger partial charge in [0.1, 0.15) is 17.2 Å². The minimum atomic E-state index is -0.649. The Balaban J connectivity index is 0.884. The Bertz CT molecular complexity index is 2670. The third kappa shape index (κ3) is 10.6. The summed E-state index contributed by atoms with van der Waals surface area (Å²) in [4.78, 5) is 17.9. The molecular weight excluding hydrogens is 807 g/mol. The zero-order chi connectivity index (χ0) is 42.8. The Hall–Kier alpha value is -6.95. The summed E-state index contributed by atoms with van der Waals surface area (Å²) in [5, 5.41) is 16.2. The average molecular weight is 852 g/mol. The van der Waals surface area contributed by atoms with Crippen LogP contribution in [0.4, 0.5) is 10.5 Å². The van der Waals surface area contributed by atoms with Gasteiger partial charge in [-0.3, -0.25) is 0 Å². The summed E-state index contributed by atoms with van der Waals surface area (Å²) >= 11 is 1.53. The lowest BCUT2D eigenvalue weighted by atomic mass is 9.99. The van der Waals surface area contributed by atoms with E-state index in [1.165, 1.54) is 11.8 Å². The van der Waals surface area contributed by atoms with Crippen molar-refractivity contribution in [2.24, 2.45) is 0 Å². The van der Waals surface area contributed by atoms with E-state index in [0.717, 1.165) is 61.7 Å². The molecular formula is C53H45N3O6S. The molecule has 1 aromatic heterocycles. The first-order valence-electron chi connectivity index (χ1n) is 20.8. The third-order valence-electron chi connectivity index (χ3n) is 10.7. The first-order chi connectivity index (χ1) is 31.0. The molecule has 10 heteroatoms. The number of amides is 2. The number of para-hydroxylation sites is 1. The first-order valence-corrected chi connectivity index (χ1v) is 21.8. The van der Waals surface area contributed by atoms with Crippen LogP contribution in [0.2, 0.25) is 0 Å². The second-order valence-electron chi connectivity index (χ2n) is 15.1. The van der Waals surface area contributed by atoms with E-state index in [1.54, 1.807) is 12.1 Å². The van der Waals surface area contributed by atoms with Crippen LogP contribution in [0.25, 0.3) is 33.7 Å². The summed E-state index contributed by atoms with van der Waals surface area (Å²) in [7, 11) is 0. The molecule has 0 saturated carbocycles. The van der Waals surface area contributed by atoms with Crippen LogP contribution in [0.15, 0.2) is 198 Å². The lowest BCUT2D eigenvalue weighted by molar-refractivity contribution is -0.245. The first kappa shape index (κ1) is 41.4. The van der Waals surface area contributed by atoms with Crippen LogP contribution < -0.4 is 15.4 Å². The molecule has 0 unspecified atom stereocenters. The van der Waals surface area contributed by atoms with Gasteiger partial charge in [0, 0.05) is 41.1 Å². The third-order valence-corrected chi connectivity index (χ3v) is 11.6.